The van der Waals surface area contributed by atoms with Crippen LogP contribution in [0, 0.1) is 11.8 Å². The van der Waals surface area contributed by atoms with Crippen molar-refractivity contribution in [2.24, 2.45) is 11.8 Å². The molecule has 1 saturated heterocycles. The summed E-state index contributed by atoms with van der Waals surface area (Å²) in [5.41, 5.74) is 1.19. The Bertz CT molecular complexity index is 772. The number of nitrogens with zero attached hydrogens (tertiary/aromatic N) is 2. The fourth-order valence-corrected chi connectivity index (χ4v) is 4.72. The molecule has 0 spiro atoms. The number of anilines is 1. The molecule has 8 heteroatoms. The molecule has 2 fully saturated rings. The van der Waals surface area contributed by atoms with Crippen molar-refractivity contribution in [1.29, 1.82) is 0 Å². The molecule has 3 N–H and O–H groups in total. The van der Waals surface area contributed by atoms with E-state index in [2.05, 4.69) is 39.9 Å². The SMILES string of the molecule is CCCNC(=O)N1CC(=O)N[C@@H]2C[C@@H](C(=O)NCCCN(CC)c3ccccc3)C[C@@H]2C1. The zero-order valence-electron chi connectivity index (χ0n) is 19.3. The second kappa shape index (κ2) is 11.7. The van der Waals surface area contributed by atoms with Gasteiger partial charge in [-0.25, -0.2) is 4.79 Å². The molecule has 1 aromatic carbocycles. The first-order chi connectivity index (χ1) is 15.5. The first kappa shape index (κ1) is 23.9. The molecule has 32 heavy (non-hydrogen) atoms. The number of fused-ring (bicyclic) bond motifs is 1. The molecule has 0 radical (unpaired) electrons. The molecule has 0 unspecified atom stereocenters. The molecular weight excluding hydrogens is 406 g/mol. The molecule has 1 aliphatic heterocycles. The van der Waals surface area contributed by atoms with E-state index in [0.29, 0.717) is 32.5 Å². The number of hydrogen-bond acceptors (Lipinski definition) is 4. The van der Waals surface area contributed by atoms with Crippen LogP contribution in [0.2, 0.25) is 0 Å². The van der Waals surface area contributed by atoms with Crippen molar-refractivity contribution in [2.75, 3.05) is 44.2 Å². The summed E-state index contributed by atoms with van der Waals surface area (Å²) in [5.74, 6) is -0.110. The number of para-hydroxylation sites is 1. The van der Waals surface area contributed by atoms with Gasteiger partial charge < -0.3 is 25.8 Å². The standard InChI is InChI=1S/C24H37N5O3/c1-3-11-26-24(32)29-16-19-14-18(15-21(19)27-22(30)17-29)23(31)25-12-8-13-28(4-2)20-9-6-5-7-10-20/h5-7,9-10,18-19,21H,3-4,8,11-17H2,1-2H3,(H,25,31)(H,26,32)(H,27,30)/t18-,19+,21+/m0/s1. The van der Waals surface area contributed by atoms with E-state index in [1.54, 1.807) is 4.90 Å². The van der Waals surface area contributed by atoms with Gasteiger partial charge in [-0.05, 0) is 50.7 Å². The number of benzene rings is 1. The van der Waals surface area contributed by atoms with E-state index in [-0.39, 0.29) is 42.3 Å². The summed E-state index contributed by atoms with van der Waals surface area (Å²) in [4.78, 5) is 41.3. The number of hydrogen-bond donors (Lipinski definition) is 3. The van der Waals surface area contributed by atoms with Crippen LogP contribution in [-0.4, -0.2) is 68.1 Å². The van der Waals surface area contributed by atoms with E-state index in [1.807, 2.05) is 25.1 Å². The lowest BCUT2D eigenvalue weighted by Crippen LogP contribution is -2.44. The van der Waals surface area contributed by atoms with E-state index >= 15 is 0 Å². The maximum Gasteiger partial charge on any atom is 0.317 e. The number of urea groups is 1. The van der Waals surface area contributed by atoms with Crippen molar-refractivity contribution in [3.05, 3.63) is 30.3 Å². The van der Waals surface area contributed by atoms with Gasteiger partial charge in [0.15, 0.2) is 0 Å². The van der Waals surface area contributed by atoms with E-state index in [4.69, 9.17) is 0 Å². The molecular formula is C24H37N5O3. The van der Waals surface area contributed by atoms with Crippen LogP contribution in [0.3, 0.4) is 0 Å². The average molecular weight is 444 g/mol. The second-order valence-electron chi connectivity index (χ2n) is 8.77. The highest BCUT2D eigenvalue weighted by atomic mass is 16.2. The highest BCUT2D eigenvalue weighted by molar-refractivity contribution is 5.85. The van der Waals surface area contributed by atoms with Crippen LogP contribution in [0.15, 0.2) is 30.3 Å². The third-order valence-corrected chi connectivity index (χ3v) is 6.42. The maximum atomic E-state index is 12.8. The van der Waals surface area contributed by atoms with Crippen molar-refractivity contribution in [3.63, 3.8) is 0 Å². The van der Waals surface area contributed by atoms with Gasteiger partial charge in [0.2, 0.25) is 11.8 Å². The van der Waals surface area contributed by atoms with Crippen molar-refractivity contribution in [1.82, 2.24) is 20.9 Å². The van der Waals surface area contributed by atoms with Gasteiger partial charge in [-0.3, -0.25) is 9.59 Å². The van der Waals surface area contributed by atoms with E-state index in [9.17, 15) is 14.4 Å². The predicted molar refractivity (Wildman–Crippen MR) is 125 cm³/mol. The number of rotatable bonds is 9. The van der Waals surface area contributed by atoms with Gasteiger partial charge in [-0.1, -0.05) is 25.1 Å². The molecule has 3 rings (SSSR count). The van der Waals surface area contributed by atoms with Crippen LogP contribution in [0.5, 0.6) is 0 Å². The highest BCUT2D eigenvalue weighted by Gasteiger charge is 2.42. The molecule has 0 aromatic heterocycles. The fraction of sp³-hybridized carbons (Fsp3) is 0.625. The number of nitrogens with one attached hydrogen (secondary N) is 3. The lowest BCUT2D eigenvalue weighted by molar-refractivity contribution is -0.125. The minimum absolute atomic E-state index is 0.0455. The van der Waals surface area contributed by atoms with E-state index in [0.717, 1.165) is 25.9 Å². The summed E-state index contributed by atoms with van der Waals surface area (Å²) < 4.78 is 0. The summed E-state index contributed by atoms with van der Waals surface area (Å²) in [7, 11) is 0. The van der Waals surface area contributed by atoms with Gasteiger partial charge in [-0.15, -0.1) is 0 Å². The molecule has 1 aliphatic carbocycles. The Morgan fingerprint density at radius 3 is 2.62 bits per heavy atom. The predicted octanol–water partition coefficient (Wildman–Crippen LogP) is 1.97. The summed E-state index contributed by atoms with van der Waals surface area (Å²) in [6.07, 6.45) is 3.05. The normalized spacial score (nSPS) is 22.5. The molecule has 176 valence electrons. The maximum absolute atomic E-state index is 12.8. The molecule has 0 bridgehead atoms. The van der Waals surface area contributed by atoms with Crippen LogP contribution in [0.25, 0.3) is 0 Å². The van der Waals surface area contributed by atoms with Gasteiger partial charge in [0.25, 0.3) is 0 Å². The Morgan fingerprint density at radius 1 is 1.12 bits per heavy atom. The van der Waals surface area contributed by atoms with Gasteiger partial charge in [-0.2, -0.15) is 0 Å². The largest absolute Gasteiger partial charge is 0.372 e. The third kappa shape index (κ3) is 6.37. The van der Waals surface area contributed by atoms with Gasteiger partial charge >= 0.3 is 6.03 Å². The molecule has 1 aromatic rings. The average Bonchev–Trinajstić information content (AvgIpc) is 3.12. The third-order valence-electron chi connectivity index (χ3n) is 6.42. The Balaban J connectivity index is 1.45. The Kier molecular flexibility index (Phi) is 8.76. The Morgan fingerprint density at radius 2 is 1.91 bits per heavy atom. The fourth-order valence-electron chi connectivity index (χ4n) is 4.72. The Labute approximate surface area is 191 Å². The lowest BCUT2D eigenvalue weighted by atomic mass is 10.0. The first-order valence-corrected chi connectivity index (χ1v) is 11.9. The highest BCUT2D eigenvalue weighted by Crippen LogP contribution is 2.33. The van der Waals surface area contributed by atoms with Crippen LogP contribution >= 0.6 is 0 Å². The topological polar surface area (TPSA) is 93.8 Å². The second-order valence-corrected chi connectivity index (χ2v) is 8.77. The van der Waals surface area contributed by atoms with Crippen molar-refractivity contribution in [2.45, 2.75) is 45.6 Å². The first-order valence-electron chi connectivity index (χ1n) is 11.9. The molecule has 1 heterocycles. The van der Waals surface area contributed by atoms with Gasteiger partial charge in [0.05, 0.1) is 0 Å². The Hall–Kier alpha value is -2.77. The van der Waals surface area contributed by atoms with Crippen LogP contribution in [-0.2, 0) is 9.59 Å². The monoisotopic (exact) mass is 443 g/mol. The minimum atomic E-state index is -0.200. The smallest absolute Gasteiger partial charge is 0.317 e. The summed E-state index contributed by atoms with van der Waals surface area (Å²) in [6.45, 7) is 7.74. The molecule has 8 nitrogen and oxygen atoms in total. The van der Waals surface area contributed by atoms with E-state index in [1.165, 1.54) is 5.69 Å². The van der Waals surface area contributed by atoms with Crippen molar-refractivity contribution in [3.8, 4) is 0 Å². The van der Waals surface area contributed by atoms with Crippen LogP contribution < -0.4 is 20.9 Å². The quantitative estimate of drug-likeness (QED) is 0.509. The number of amides is 4. The number of carbonyl (C=O) groups excluding carboxylic acids is 3. The van der Waals surface area contributed by atoms with E-state index < -0.39 is 0 Å². The van der Waals surface area contributed by atoms with Crippen LogP contribution in [0.4, 0.5) is 10.5 Å². The molecule has 2 aliphatic rings. The minimum Gasteiger partial charge on any atom is -0.372 e. The van der Waals surface area contributed by atoms with Crippen LogP contribution in [0.1, 0.15) is 39.5 Å². The zero-order chi connectivity index (χ0) is 22.9. The van der Waals surface area contributed by atoms with Gasteiger partial charge in [0, 0.05) is 50.4 Å². The zero-order valence-corrected chi connectivity index (χ0v) is 19.3. The van der Waals surface area contributed by atoms with Crippen molar-refractivity contribution < 1.29 is 14.4 Å². The number of carbonyl (C=O) groups is 3. The summed E-state index contributed by atoms with van der Waals surface area (Å²) in [5, 5.41) is 8.96. The van der Waals surface area contributed by atoms with Crippen molar-refractivity contribution >= 4 is 23.5 Å². The summed E-state index contributed by atoms with van der Waals surface area (Å²) >= 11 is 0. The van der Waals surface area contributed by atoms with Gasteiger partial charge in [0.1, 0.15) is 6.54 Å². The molecule has 3 atom stereocenters. The summed E-state index contributed by atoms with van der Waals surface area (Å²) in [6, 6.07) is 10.0. The molecule has 4 amide bonds. The molecule has 1 saturated carbocycles. The lowest BCUT2D eigenvalue weighted by Gasteiger charge is -2.23.